The molecule has 118 valence electrons. The highest BCUT2D eigenvalue weighted by Gasteiger charge is 2.44. The molecule has 0 N–H and O–H groups in total. The molecule has 0 saturated heterocycles. The predicted octanol–water partition coefficient (Wildman–Crippen LogP) is 5.75. The smallest absolute Gasteiger partial charge is 0.241 e. The van der Waals surface area contributed by atoms with Gasteiger partial charge < -0.3 is 8.85 Å². The lowest BCUT2D eigenvalue weighted by molar-refractivity contribution is 0.122. The van der Waals surface area contributed by atoms with Gasteiger partial charge in [-0.1, -0.05) is 27.7 Å². The zero-order chi connectivity index (χ0) is 16.0. The summed E-state index contributed by atoms with van der Waals surface area (Å²) < 4.78 is 13.0. The second-order valence-electron chi connectivity index (χ2n) is 9.35. The van der Waals surface area contributed by atoms with E-state index in [1.807, 2.05) is 0 Å². The van der Waals surface area contributed by atoms with Crippen molar-refractivity contribution >= 4 is 16.6 Å². The van der Waals surface area contributed by atoms with Crippen molar-refractivity contribution in [1.82, 2.24) is 0 Å². The van der Waals surface area contributed by atoms with Gasteiger partial charge in [-0.15, -0.1) is 0 Å². The zero-order valence-electron chi connectivity index (χ0n) is 15.2. The van der Waals surface area contributed by atoms with Crippen molar-refractivity contribution in [1.29, 1.82) is 0 Å². The highest BCUT2D eigenvalue weighted by Crippen LogP contribution is 2.50. The molecule has 0 aliphatic heterocycles. The van der Waals surface area contributed by atoms with Crippen molar-refractivity contribution in [2.75, 3.05) is 0 Å². The Balaban J connectivity index is 3.37. The topological polar surface area (TPSA) is 18.5 Å². The fourth-order valence-electron chi connectivity index (χ4n) is 2.45. The molecule has 2 nitrogen and oxygen atoms in total. The highest BCUT2D eigenvalue weighted by atomic mass is 28.4. The molecule has 0 aromatic rings. The monoisotopic (exact) mass is 314 g/mol. The van der Waals surface area contributed by atoms with Crippen LogP contribution in [0.5, 0.6) is 0 Å². The SMILES string of the molecule is CC1(C)CCC(C)(C)C(O[Si](C)(C)C)=C1O[Si](C)(C)C. The lowest BCUT2D eigenvalue weighted by Gasteiger charge is -2.46. The molecule has 0 fully saturated rings. The largest absolute Gasteiger partial charge is 0.545 e. The molecule has 0 amide bonds. The van der Waals surface area contributed by atoms with Gasteiger partial charge in [0.05, 0.1) is 0 Å². The van der Waals surface area contributed by atoms with Gasteiger partial charge in [-0.25, -0.2) is 0 Å². The van der Waals surface area contributed by atoms with E-state index in [0.717, 1.165) is 11.5 Å². The summed E-state index contributed by atoms with van der Waals surface area (Å²) in [6, 6.07) is 0. The normalized spacial score (nSPS) is 22.7. The first kappa shape index (κ1) is 17.8. The van der Waals surface area contributed by atoms with Crippen LogP contribution in [0.1, 0.15) is 40.5 Å². The maximum absolute atomic E-state index is 6.50. The van der Waals surface area contributed by atoms with Crippen LogP contribution in [0.15, 0.2) is 11.5 Å². The van der Waals surface area contributed by atoms with Gasteiger partial charge in [0.1, 0.15) is 11.5 Å². The summed E-state index contributed by atoms with van der Waals surface area (Å²) in [6.07, 6.45) is 2.33. The van der Waals surface area contributed by atoms with Crippen molar-refractivity contribution in [3.63, 3.8) is 0 Å². The van der Waals surface area contributed by atoms with Gasteiger partial charge in [0.25, 0.3) is 0 Å². The third kappa shape index (κ3) is 4.66. The molecular formula is C16H34O2Si2. The minimum Gasteiger partial charge on any atom is -0.545 e. The van der Waals surface area contributed by atoms with Crippen molar-refractivity contribution in [3.05, 3.63) is 11.5 Å². The molecule has 1 rings (SSSR count). The van der Waals surface area contributed by atoms with Gasteiger partial charge in [0, 0.05) is 10.8 Å². The van der Waals surface area contributed by atoms with E-state index >= 15 is 0 Å². The number of hydrogen-bond acceptors (Lipinski definition) is 2. The molecule has 4 heteroatoms. The third-order valence-electron chi connectivity index (χ3n) is 3.63. The van der Waals surface area contributed by atoms with E-state index in [2.05, 4.69) is 67.0 Å². The average Bonchev–Trinajstić information content (AvgIpc) is 2.16. The Morgan fingerprint density at radius 2 is 0.900 bits per heavy atom. The molecule has 0 radical (unpaired) electrons. The van der Waals surface area contributed by atoms with Crippen LogP contribution in [0.4, 0.5) is 0 Å². The zero-order valence-corrected chi connectivity index (χ0v) is 17.2. The molecule has 1 aliphatic carbocycles. The molecule has 1 aliphatic rings. The maximum Gasteiger partial charge on any atom is 0.241 e. The second-order valence-corrected chi connectivity index (χ2v) is 18.2. The molecule has 0 bridgehead atoms. The number of hydrogen-bond donors (Lipinski definition) is 0. The fourth-order valence-corrected chi connectivity index (χ4v) is 4.41. The number of rotatable bonds is 4. The highest BCUT2D eigenvalue weighted by molar-refractivity contribution is 6.70. The standard InChI is InChI=1S/C16H34O2Si2/c1-15(2)11-12-16(3,4)14(18-20(8,9)10)13(15)17-19(5,6)7/h11-12H2,1-10H3. The fraction of sp³-hybridized carbons (Fsp3) is 0.875. The summed E-state index contributed by atoms with van der Waals surface area (Å²) in [5, 5.41) is 0. The molecule has 0 unspecified atom stereocenters. The van der Waals surface area contributed by atoms with Gasteiger partial charge in [-0.3, -0.25) is 0 Å². The Kier molecular flexibility index (Phi) is 4.63. The Labute approximate surface area is 128 Å². The van der Waals surface area contributed by atoms with Crippen LogP contribution in [0.3, 0.4) is 0 Å². The van der Waals surface area contributed by atoms with E-state index in [0.29, 0.717) is 0 Å². The summed E-state index contributed by atoms with van der Waals surface area (Å²) >= 11 is 0. The van der Waals surface area contributed by atoms with Gasteiger partial charge in [0.2, 0.25) is 16.6 Å². The molecule has 0 aromatic heterocycles. The summed E-state index contributed by atoms with van der Waals surface area (Å²) in [5.74, 6) is 2.27. The predicted molar refractivity (Wildman–Crippen MR) is 92.7 cm³/mol. The Morgan fingerprint density at radius 3 is 1.10 bits per heavy atom. The summed E-state index contributed by atoms with van der Waals surface area (Å²) in [4.78, 5) is 0. The first-order valence-electron chi connectivity index (χ1n) is 7.77. The molecular weight excluding hydrogens is 280 g/mol. The van der Waals surface area contributed by atoms with Crippen LogP contribution >= 0.6 is 0 Å². The van der Waals surface area contributed by atoms with Crippen LogP contribution in [-0.4, -0.2) is 16.6 Å². The van der Waals surface area contributed by atoms with E-state index in [9.17, 15) is 0 Å². The quantitative estimate of drug-likeness (QED) is 0.615. The molecule has 0 saturated carbocycles. The van der Waals surface area contributed by atoms with Crippen LogP contribution in [-0.2, 0) is 8.85 Å². The van der Waals surface area contributed by atoms with Crippen molar-refractivity contribution in [2.24, 2.45) is 10.8 Å². The molecule has 0 atom stereocenters. The Bertz CT molecular complexity index is 358. The summed E-state index contributed by atoms with van der Waals surface area (Å²) in [7, 11) is -3.27. The van der Waals surface area contributed by atoms with Crippen molar-refractivity contribution < 1.29 is 8.85 Å². The van der Waals surface area contributed by atoms with Crippen LogP contribution in [0, 0.1) is 10.8 Å². The van der Waals surface area contributed by atoms with E-state index in [1.54, 1.807) is 0 Å². The third-order valence-corrected chi connectivity index (χ3v) is 5.26. The first-order chi connectivity index (χ1) is 8.64. The maximum atomic E-state index is 6.50. The van der Waals surface area contributed by atoms with E-state index in [4.69, 9.17) is 8.85 Å². The molecule has 0 aromatic carbocycles. The average molecular weight is 315 g/mol. The lowest BCUT2D eigenvalue weighted by atomic mass is 9.70. The first-order valence-corrected chi connectivity index (χ1v) is 14.6. The molecule has 0 heterocycles. The number of allylic oxidation sites excluding steroid dienone is 2. The van der Waals surface area contributed by atoms with Gasteiger partial charge >= 0.3 is 0 Å². The second kappa shape index (κ2) is 5.20. The Hall–Kier alpha value is -0.226. The van der Waals surface area contributed by atoms with Crippen LogP contribution < -0.4 is 0 Å². The van der Waals surface area contributed by atoms with Crippen LogP contribution in [0.2, 0.25) is 39.3 Å². The van der Waals surface area contributed by atoms with Crippen LogP contribution in [0.25, 0.3) is 0 Å². The summed E-state index contributed by atoms with van der Waals surface area (Å²) in [6.45, 7) is 22.7. The van der Waals surface area contributed by atoms with E-state index in [1.165, 1.54) is 12.8 Å². The van der Waals surface area contributed by atoms with Crippen molar-refractivity contribution in [3.8, 4) is 0 Å². The minimum atomic E-state index is -1.64. The van der Waals surface area contributed by atoms with E-state index in [-0.39, 0.29) is 10.8 Å². The van der Waals surface area contributed by atoms with E-state index < -0.39 is 16.6 Å². The van der Waals surface area contributed by atoms with Gasteiger partial charge in [-0.05, 0) is 52.1 Å². The van der Waals surface area contributed by atoms with Gasteiger partial charge in [0.15, 0.2) is 0 Å². The minimum absolute atomic E-state index is 0.0881. The Morgan fingerprint density at radius 1 is 0.650 bits per heavy atom. The van der Waals surface area contributed by atoms with Gasteiger partial charge in [-0.2, -0.15) is 0 Å². The summed E-state index contributed by atoms with van der Waals surface area (Å²) in [5.41, 5.74) is 0.176. The lowest BCUT2D eigenvalue weighted by Crippen LogP contribution is -2.40. The molecule has 0 spiro atoms. The molecule has 20 heavy (non-hydrogen) atoms. The van der Waals surface area contributed by atoms with Crippen molar-refractivity contribution in [2.45, 2.75) is 79.8 Å².